The number of carboxylic acid groups (broad SMARTS) is 1. The van der Waals surface area contributed by atoms with Crippen molar-refractivity contribution in [3.63, 3.8) is 0 Å². The van der Waals surface area contributed by atoms with Gasteiger partial charge in [0.2, 0.25) is 0 Å². The predicted molar refractivity (Wildman–Crippen MR) is 37.9 cm³/mol. The lowest BCUT2D eigenvalue weighted by molar-refractivity contribution is -0.138. The molecule has 1 N–H and O–H groups in total. The minimum absolute atomic E-state index is 0.289. The summed E-state index contributed by atoms with van der Waals surface area (Å²) in [7, 11) is 1.99. The summed E-state index contributed by atoms with van der Waals surface area (Å²) in [4.78, 5) is 12.4. The van der Waals surface area contributed by atoms with Gasteiger partial charge in [0, 0.05) is 6.04 Å². The van der Waals surface area contributed by atoms with Gasteiger partial charge in [0.1, 0.15) is 0 Å². The Bertz CT molecular complexity index is 136. The van der Waals surface area contributed by atoms with Crippen molar-refractivity contribution in [3.05, 3.63) is 0 Å². The molecule has 1 aliphatic rings. The molecule has 1 rings (SSSR count). The second-order valence-electron chi connectivity index (χ2n) is 2.87. The lowest BCUT2D eigenvalue weighted by Crippen LogP contribution is -2.27. The molecule has 0 amide bonds. The average Bonchev–Trinajstić information content (AvgIpc) is 2.15. The second kappa shape index (κ2) is 3.01. The van der Waals surface area contributed by atoms with Gasteiger partial charge in [-0.25, -0.2) is 0 Å². The molecule has 0 radical (unpaired) electrons. The van der Waals surface area contributed by atoms with E-state index in [4.69, 9.17) is 5.11 Å². The fraction of sp³-hybridized carbons (Fsp3) is 0.857. The van der Waals surface area contributed by atoms with Gasteiger partial charge in [-0.3, -0.25) is 4.79 Å². The molecule has 0 aliphatic carbocycles. The number of hydrogen-bond acceptors (Lipinski definition) is 2. The molecule has 0 saturated carbocycles. The SMILES string of the molecule is C[15N]1CCC[14CH]1[13CH2]C(=O)O. The van der Waals surface area contributed by atoms with Gasteiger partial charge in [0.15, 0.2) is 0 Å². The van der Waals surface area contributed by atoms with Crippen LogP contribution in [0.3, 0.4) is 0 Å². The third-order valence-corrected chi connectivity index (χ3v) is 2.08. The van der Waals surface area contributed by atoms with Gasteiger partial charge < -0.3 is 10.0 Å². The number of nitrogens with zero attached hydrogens (tertiary/aromatic N) is 1. The number of carboxylic acids is 1. The fourth-order valence-electron chi connectivity index (χ4n) is 1.44. The van der Waals surface area contributed by atoms with Gasteiger partial charge >= 0.3 is 5.97 Å². The normalized spacial score (nSPS) is 27.1. The van der Waals surface area contributed by atoms with E-state index in [0.717, 1.165) is 19.4 Å². The van der Waals surface area contributed by atoms with Crippen molar-refractivity contribution in [2.45, 2.75) is 25.3 Å². The van der Waals surface area contributed by atoms with Gasteiger partial charge in [-0.2, -0.15) is 0 Å². The minimum Gasteiger partial charge on any atom is -0.481 e. The molecule has 0 aromatic rings. The Balaban J connectivity index is 2.33. The van der Waals surface area contributed by atoms with Crippen molar-refractivity contribution in [3.8, 4) is 0 Å². The largest absolute Gasteiger partial charge is 0.481 e. The van der Waals surface area contributed by atoms with E-state index < -0.39 is 5.97 Å². The molecule has 1 atom stereocenters. The van der Waals surface area contributed by atoms with E-state index in [1.165, 1.54) is 0 Å². The maximum atomic E-state index is 10.3. The third kappa shape index (κ3) is 1.70. The Hall–Kier alpha value is -0.570. The second-order valence-corrected chi connectivity index (χ2v) is 2.87. The van der Waals surface area contributed by atoms with Crippen molar-refractivity contribution < 1.29 is 9.90 Å². The molecule has 1 saturated heterocycles. The number of rotatable bonds is 2. The highest BCUT2D eigenvalue weighted by Crippen LogP contribution is 2.17. The van der Waals surface area contributed by atoms with Crippen LogP contribution in [0, 0.1) is 0 Å². The van der Waals surface area contributed by atoms with Crippen LogP contribution in [0.2, 0.25) is 0 Å². The van der Waals surface area contributed by atoms with Crippen molar-refractivity contribution in [2.75, 3.05) is 13.6 Å². The molecule has 10 heavy (non-hydrogen) atoms. The molecule has 1 heterocycles. The smallest absolute Gasteiger partial charge is 0.304 e. The molecule has 3 heteroatoms. The summed E-state index contributed by atoms with van der Waals surface area (Å²) in [5, 5.41) is 8.46. The first-order valence-electron chi connectivity index (χ1n) is 3.62. The van der Waals surface area contributed by atoms with Crippen LogP contribution in [0.5, 0.6) is 0 Å². The van der Waals surface area contributed by atoms with Gasteiger partial charge in [0.25, 0.3) is 0 Å². The molecule has 0 bridgehead atoms. The summed E-state index contributed by atoms with van der Waals surface area (Å²) < 4.78 is 0. The molecular formula is C7H13NO2. The summed E-state index contributed by atoms with van der Waals surface area (Å²) >= 11 is 0. The van der Waals surface area contributed by atoms with Gasteiger partial charge in [0.05, 0.1) is 6.42 Å². The van der Waals surface area contributed by atoms with Crippen LogP contribution in [0.15, 0.2) is 0 Å². The third-order valence-electron chi connectivity index (χ3n) is 2.08. The zero-order valence-corrected chi connectivity index (χ0v) is 6.21. The van der Waals surface area contributed by atoms with Crippen molar-refractivity contribution >= 4 is 5.97 Å². The molecule has 3 nitrogen and oxygen atoms in total. The van der Waals surface area contributed by atoms with E-state index in [0.29, 0.717) is 6.42 Å². The van der Waals surface area contributed by atoms with E-state index in [9.17, 15) is 4.79 Å². The van der Waals surface area contributed by atoms with Crippen LogP contribution in [0.25, 0.3) is 0 Å². The molecule has 1 fully saturated rings. The van der Waals surface area contributed by atoms with Gasteiger partial charge in [-0.05, 0) is 26.4 Å². The molecular weight excluding hydrogens is 134 g/mol. The highest BCUT2D eigenvalue weighted by atomic mass is 16.4. The van der Waals surface area contributed by atoms with Crippen LogP contribution in [0.1, 0.15) is 19.3 Å². The summed E-state index contributed by atoms with van der Waals surface area (Å²) in [5.74, 6) is -0.682. The minimum atomic E-state index is -0.682. The first kappa shape index (κ1) is 7.54. The first-order valence-corrected chi connectivity index (χ1v) is 3.62. The maximum Gasteiger partial charge on any atom is 0.304 e. The zero-order valence-electron chi connectivity index (χ0n) is 6.21. The van der Waals surface area contributed by atoms with Gasteiger partial charge in [-0.1, -0.05) is 0 Å². The van der Waals surface area contributed by atoms with Gasteiger partial charge in [-0.15, -0.1) is 0 Å². The van der Waals surface area contributed by atoms with E-state index in [2.05, 4.69) is 4.90 Å². The van der Waals surface area contributed by atoms with Crippen LogP contribution in [-0.4, -0.2) is 35.6 Å². The topological polar surface area (TPSA) is 40.5 Å². The monoisotopic (exact) mass is 147 g/mol. The summed E-state index contributed by atoms with van der Waals surface area (Å²) in [6.07, 6.45) is 2.49. The van der Waals surface area contributed by atoms with Crippen molar-refractivity contribution in [2.24, 2.45) is 0 Å². The molecule has 0 aromatic heterocycles. The van der Waals surface area contributed by atoms with E-state index in [1.54, 1.807) is 0 Å². The molecule has 58 valence electrons. The highest BCUT2D eigenvalue weighted by Gasteiger charge is 2.22. The standard InChI is InChI=1S/C7H13NO2/c1-8-4-2-3-6(8)5-7(9)10/h6H,2-5H2,1H3,(H,9,10)/i5+1,6+2,8+1. The Morgan fingerprint density at radius 2 is 2.50 bits per heavy atom. The van der Waals surface area contributed by atoms with Crippen LogP contribution in [-0.2, 0) is 4.79 Å². The van der Waals surface area contributed by atoms with E-state index >= 15 is 0 Å². The van der Waals surface area contributed by atoms with Crippen LogP contribution < -0.4 is 0 Å². The van der Waals surface area contributed by atoms with Crippen LogP contribution >= 0.6 is 0 Å². The maximum absolute atomic E-state index is 10.3. The van der Waals surface area contributed by atoms with Crippen molar-refractivity contribution in [1.29, 1.82) is 0 Å². The number of aliphatic carboxylic acids is 1. The van der Waals surface area contributed by atoms with Crippen molar-refractivity contribution in [1.82, 2.24) is 4.90 Å². The predicted octanol–water partition coefficient (Wildman–Crippen LogP) is 0.555. The highest BCUT2D eigenvalue weighted by molar-refractivity contribution is 5.67. The Morgan fingerprint density at radius 1 is 1.80 bits per heavy atom. The van der Waals surface area contributed by atoms with Crippen LogP contribution in [0.4, 0.5) is 0 Å². The molecule has 1 aliphatic heterocycles. The summed E-state index contributed by atoms with van der Waals surface area (Å²) in [6, 6.07) is 0.289. The molecule has 0 aromatic carbocycles. The lowest BCUT2D eigenvalue weighted by Gasteiger charge is -2.16. The quantitative estimate of drug-likeness (QED) is 0.458. The average molecular weight is 147 g/mol. The zero-order chi connectivity index (χ0) is 7.56. The lowest BCUT2D eigenvalue weighted by atomic mass is 10.5. The van der Waals surface area contributed by atoms with E-state index in [1.807, 2.05) is 7.05 Å². The summed E-state index contributed by atoms with van der Waals surface area (Å²) in [5.41, 5.74) is 0. The number of carbonyl (C=O) groups is 1. The Labute approximate surface area is 60.6 Å². The molecule has 1 unspecified atom stereocenters. The number of hydrogen-bond donors (Lipinski definition) is 1. The first-order chi connectivity index (χ1) is 4.70. The van der Waals surface area contributed by atoms with E-state index in [-0.39, 0.29) is 6.04 Å². The Morgan fingerprint density at radius 3 is 2.90 bits per heavy atom. The Kier molecular flexibility index (Phi) is 2.27. The summed E-state index contributed by atoms with van der Waals surface area (Å²) in [6.45, 7) is 1.05. The fourth-order valence-corrected chi connectivity index (χ4v) is 1.44. The number of likely N-dealkylation sites (tertiary alicyclic amines) is 1. The molecule has 0 spiro atoms.